The second-order valence-corrected chi connectivity index (χ2v) is 4.60. The number of nitrogens with zero attached hydrogens (tertiary/aromatic N) is 1. The third-order valence-electron chi connectivity index (χ3n) is 3.60. The third-order valence-corrected chi connectivity index (χ3v) is 3.60. The van der Waals surface area contributed by atoms with Crippen LogP contribution in [0.3, 0.4) is 0 Å². The van der Waals surface area contributed by atoms with Crippen molar-refractivity contribution >= 4 is 5.91 Å². The summed E-state index contributed by atoms with van der Waals surface area (Å²) in [6, 6.07) is 3.84. The van der Waals surface area contributed by atoms with Crippen molar-refractivity contribution in [1.29, 1.82) is 0 Å². The SMILES string of the molecule is CCC1(C(=O)NCc2ccncc2)CCNC1. The van der Waals surface area contributed by atoms with Crippen LogP contribution in [-0.4, -0.2) is 24.0 Å². The van der Waals surface area contributed by atoms with Gasteiger partial charge in [-0.2, -0.15) is 0 Å². The Balaban J connectivity index is 1.93. The smallest absolute Gasteiger partial charge is 0.227 e. The Morgan fingerprint density at radius 2 is 2.29 bits per heavy atom. The zero-order chi connectivity index (χ0) is 12.1. The fourth-order valence-corrected chi connectivity index (χ4v) is 2.27. The van der Waals surface area contributed by atoms with Crippen LogP contribution in [0.4, 0.5) is 0 Å². The highest BCUT2D eigenvalue weighted by atomic mass is 16.2. The second kappa shape index (κ2) is 5.27. The van der Waals surface area contributed by atoms with E-state index in [0.717, 1.165) is 31.5 Å². The van der Waals surface area contributed by atoms with E-state index < -0.39 is 0 Å². The van der Waals surface area contributed by atoms with Crippen LogP contribution in [0.15, 0.2) is 24.5 Å². The zero-order valence-corrected chi connectivity index (χ0v) is 10.2. The molecule has 0 bridgehead atoms. The molecule has 0 radical (unpaired) electrons. The molecule has 0 aliphatic carbocycles. The van der Waals surface area contributed by atoms with Gasteiger partial charge in [0.25, 0.3) is 0 Å². The lowest BCUT2D eigenvalue weighted by Gasteiger charge is -2.25. The first-order chi connectivity index (χ1) is 8.27. The molecule has 0 saturated carbocycles. The van der Waals surface area contributed by atoms with Crippen molar-refractivity contribution in [3.8, 4) is 0 Å². The Morgan fingerprint density at radius 1 is 1.53 bits per heavy atom. The summed E-state index contributed by atoms with van der Waals surface area (Å²) in [5.41, 5.74) is 0.887. The summed E-state index contributed by atoms with van der Waals surface area (Å²) in [5.74, 6) is 0.168. The summed E-state index contributed by atoms with van der Waals surface area (Å²) >= 11 is 0. The molecule has 1 aliphatic rings. The van der Waals surface area contributed by atoms with Crippen molar-refractivity contribution in [2.45, 2.75) is 26.3 Å². The first kappa shape index (κ1) is 12.0. The average molecular weight is 233 g/mol. The number of hydrogen-bond acceptors (Lipinski definition) is 3. The molecule has 17 heavy (non-hydrogen) atoms. The van der Waals surface area contributed by atoms with Crippen molar-refractivity contribution in [2.75, 3.05) is 13.1 Å². The van der Waals surface area contributed by atoms with Gasteiger partial charge in [0.05, 0.1) is 5.41 Å². The molecule has 1 unspecified atom stereocenters. The molecule has 2 N–H and O–H groups in total. The molecule has 1 aromatic rings. The number of amides is 1. The molecule has 1 aliphatic heterocycles. The Bertz CT molecular complexity index is 372. The van der Waals surface area contributed by atoms with E-state index in [1.54, 1.807) is 12.4 Å². The fraction of sp³-hybridized carbons (Fsp3) is 0.538. The average Bonchev–Trinajstić information content (AvgIpc) is 2.87. The summed E-state index contributed by atoms with van der Waals surface area (Å²) in [5, 5.41) is 6.30. The van der Waals surface area contributed by atoms with Crippen LogP contribution in [0.5, 0.6) is 0 Å². The highest BCUT2D eigenvalue weighted by Crippen LogP contribution is 2.29. The van der Waals surface area contributed by atoms with Crippen LogP contribution in [0, 0.1) is 5.41 Å². The normalized spacial score (nSPS) is 23.6. The topological polar surface area (TPSA) is 54.0 Å². The van der Waals surface area contributed by atoms with Gasteiger partial charge in [0.15, 0.2) is 0 Å². The summed E-state index contributed by atoms with van der Waals surface area (Å²) in [6.07, 6.45) is 5.32. The van der Waals surface area contributed by atoms with Crippen LogP contribution in [0.2, 0.25) is 0 Å². The number of hydrogen-bond donors (Lipinski definition) is 2. The number of aromatic nitrogens is 1. The lowest BCUT2D eigenvalue weighted by Crippen LogP contribution is -2.41. The molecule has 2 rings (SSSR count). The minimum atomic E-state index is -0.201. The van der Waals surface area contributed by atoms with E-state index in [1.165, 1.54) is 0 Å². The molecule has 1 saturated heterocycles. The molecule has 0 aromatic carbocycles. The molecular weight excluding hydrogens is 214 g/mol. The first-order valence-corrected chi connectivity index (χ1v) is 6.15. The maximum Gasteiger partial charge on any atom is 0.227 e. The molecule has 1 fully saturated rings. The number of nitrogens with one attached hydrogen (secondary N) is 2. The van der Waals surface area contributed by atoms with E-state index in [1.807, 2.05) is 12.1 Å². The summed E-state index contributed by atoms with van der Waals surface area (Å²) in [6.45, 7) is 4.41. The first-order valence-electron chi connectivity index (χ1n) is 6.15. The van der Waals surface area contributed by atoms with Crippen molar-refractivity contribution < 1.29 is 4.79 Å². The highest BCUT2D eigenvalue weighted by molar-refractivity contribution is 5.83. The molecule has 92 valence electrons. The number of rotatable bonds is 4. The van der Waals surface area contributed by atoms with Gasteiger partial charge in [-0.1, -0.05) is 6.92 Å². The fourth-order valence-electron chi connectivity index (χ4n) is 2.27. The summed E-state index contributed by atoms with van der Waals surface area (Å²) < 4.78 is 0. The van der Waals surface area contributed by atoms with Crippen molar-refractivity contribution in [3.63, 3.8) is 0 Å². The Morgan fingerprint density at radius 3 is 2.88 bits per heavy atom. The largest absolute Gasteiger partial charge is 0.352 e. The van der Waals surface area contributed by atoms with Gasteiger partial charge in [-0.05, 0) is 37.1 Å². The summed E-state index contributed by atoms with van der Waals surface area (Å²) in [4.78, 5) is 16.2. The van der Waals surface area contributed by atoms with Crippen molar-refractivity contribution in [1.82, 2.24) is 15.6 Å². The number of carbonyl (C=O) groups excluding carboxylic acids is 1. The van der Waals surface area contributed by atoms with Gasteiger partial charge in [0, 0.05) is 25.5 Å². The maximum absolute atomic E-state index is 12.2. The van der Waals surface area contributed by atoms with Gasteiger partial charge < -0.3 is 10.6 Å². The Hall–Kier alpha value is -1.42. The molecule has 1 aromatic heterocycles. The van der Waals surface area contributed by atoms with Gasteiger partial charge in [0.1, 0.15) is 0 Å². The van der Waals surface area contributed by atoms with E-state index in [9.17, 15) is 4.79 Å². The predicted octanol–water partition coefficient (Wildman–Crippen LogP) is 1.09. The molecule has 4 nitrogen and oxygen atoms in total. The maximum atomic E-state index is 12.2. The van der Waals surface area contributed by atoms with Crippen LogP contribution < -0.4 is 10.6 Å². The number of carbonyl (C=O) groups is 1. The van der Waals surface area contributed by atoms with Gasteiger partial charge in [-0.15, -0.1) is 0 Å². The Labute approximate surface area is 102 Å². The number of pyridine rings is 1. The van der Waals surface area contributed by atoms with E-state index in [2.05, 4.69) is 22.5 Å². The third kappa shape index (κ3) is 2.64. The monoisotopic (exact) mass is 233 g/mol. The minimum absolute atomic E-state index is 0.168. The van der Waals surface area contributed by atoms with Crippen LogP contribution in [0.1, 0.15) is 25.3 Å². The molecule has 1 atom stereocenters. The molecule has 2 heterocycles. The van der Waals surface area contributed by atoms with Gasteiger partial charge in [-0.3, -0.25) is 9.78 Å². The standard InChI is InChI=1S/C13H19N3O/c1-2-13(5-8-15-10-13)12(17)16-9-11-3-6-14-7-4-11/h3-4,6-7,15H,2,5,8-10H2,1H3,(H,16,17). The van der Waals surface area contributed by atoms with Gasteiger partial charge in [0.2, 0.25) is 5.91 Å². The molecular formula is C13H19N3O. The van der Waals surface area contributed by atoms with Crippen molar-refractivity contribution in [3.05, 3.63) is 30.1 Å². The molecule has 4 heteroatoms. The van der Waals surface area contributed by atoms with E-state index >= 15 is 0 Å². The van der Waals surface area contributed by atoms with E-state index in [4.69, 9.17) is 0 Å². The Kier molecular flexibility index (Phi) is 3.74. The minimum Gasteiger partial charge on any atom is -0.352 e. The van der Waals surface area contributed by atoms with Gasteiger partial charge in [-0.25, -0.2) is 0 Å². The van der Waals surface area contributed by atoms with Crippen LogP contribution >= 0.6 is 0 Å². The van der Waals surface area contributed by atoms with E-state index in [0.29, 0.717) is 6.54 Å². The van der Waals surface area contributed by atoms with Crippen LogP contribution in [0.25, 0.3) is 0 Å². The zero-order valence-electron chi connectivity index (χ0n) is 10.2. The van der Waals surface area contributed by atoms with Crippen molar-refractivity contribution in [2.24, 2.45) is 5.41 Å². The summed E-state index contributed by atoms with van der Waals surface area (Å²) in [7, 11) is 0. The van der Waals surface area contributed by atoms with Crippen LogP contribution in [-0.2, 0) is 11.3 Å². The lowest BCUT2D eigenvalue weighted by atomic mass is 9.83. The lowest BCUT2D eigenvalue weighted by molar-refractivity contribution is -0.130. The predicted molar refractivity (Wildman–Crippen MR) is 66.3 cm³/mol. The molecule has 1 amide bonds. The van der Waals surface area contributed by atoms with Gasteiger partial charge >= 0.3 is 0 Å². The van der Waals surface area contributed by atoms with E-state index in [-0.39, 0.29) is 11.3 Å². The highest BCUT2D eigenvalue weighted by Gasteiger charge is 2.39. The molecule has 0 spiro atoms. The quantitative estimate of drug-likeness (QED) is 0.818. The second-order valence-electron chi connectivity index (χ2n) is 4.60.